The molecule has 0 unspecified atom stereocenters. The number of amides is 5. The van der Waals surface area contributed by atoms with E-state index >= 15 is 4.39 Å². The van der Waals surface area contributed by atoms with Crippen molar-refractivity contribution in [2.75, 3.05) is 42.8 Å². The highest BCUT2D eigenvalue weighted by Gasteiger charge is 2.43. The Labute approximate surface area is 213 Å². The van der Waals surface area contributed by atoms with Crippen molar-refractivity contribution in [1.82, 2.24) is 14.8 Å². The Bertz CT molecular complexity index is 1180. The van der Waals surface area contributed by atoms with Crippen molar-refractivity contribution in [1.29, 1.82) is 0 Å². The standard InChI is InChI=1S/C24H28ClFN6O4/c1-24(2)13-30(3)23(35)32(24)15-6-7-18(17(26)9-15)28-21(33)19-10-16(36-4)12-31(19)22(34)29-20-8-5-14(25)11-27-20/h5-9,11,16,19H,10,12-13H2,1-4H3,(H,28,33)(H,27,29,34)/t16-,19-/m1/s1. The Hall–Kier alpha value is -3.44. The highest BCUT2D eigenvalue weighted by Crippen LogP contribution is 2.33. The molecular formula is C24H28ClFN6O4. The van der Waals surface area contributed by atoms with Crippen LogP contribution in [0.5, 0.6) is 0 Å². The minimum Gasteiger partial charge on any atom is -0.380 e. The Morgan fingerprint density at radius 1 is 1.22 bits per heavy atom. The number of carbonyl (C=O) groups excluding carboxylic acids is 3. The number of urea groups is 2. The number of hydrogen-bond acceptors (Lipinski definition) is 5. The van der Waals surface area contributed by atoms with E-state index in [4.69, 9.17) is 16.3 Å². The lowest BCUT2D eigenvalue weighted by atomic mass is 10.0. The third-order valence-corrected chi connectivity index (χ3v) is 6.56. The van der Waals surface area contributed by atoms with Gasteiger partial charge in [-0.2, -0.15) is 0 Å². The number of carbonyl (C=O) groups is 3. The molecule has 2 aliphatic heterocycles. The highest BCUT2D eigenvalue weighted by molar-refractivity contribution is 6.30. The van der Waals surface area contributed by atoms with Crippen molar-refractivity contribution in [3.05, 3.63) is 47.4 Å². The van der Waals surface area contributed by atoms with Crippen LogP contribution in [0.4, 0.5) is 31.2 Å². The van der Waals surface area contributed by atoms with Crippen LogP contribution in [0.15, 0.2) is 36.5 Å². The van der Waals surface area contributed by atoms with E-state index in [-0.39, 0.29) is 36.6 Å². The molecule has 2 aromatic rings. The molecule has 5 amide bonds. The number of benzene rings is 1. The molecule has 192 valence electrons. The van der Waals surface area contributed by atoms with E-state index in [1.54, 1.807) is 30.1 Å². The fourth-order valence-corrected chi connectivity index (χ4v) is 4.75. The summed E-state index contributed by atoms with van der Waals surface area (Å²) in [5.74, 6) is -0.976. The summed E-state index contributed by atoms with van der Waals surface area (Å²) in [6.45, 7) is 4.47. The Morgan fingerprint density at radius 3 is 2.56 bits per heavy atom. The normalized spacial score (nSPS) is 21.2. The number of pyridine rings is 1. The van der Waals surface area contributed by atoms with Crippen LogP contribution in [0, 0.1) is 5.82 Å². The third kappa shape index (κ3) is 5.07. The number of methoxy groups -OCH3 is 1. The van der Waals surface area contributed by atoms with Crippen molar-refractivity contribution in [2.24, 2.45) is 0 Å². The molecule has 10 nitrogen and oxygen atoms in total. The highest BCUT2D eigenvalue weighted by atomic mass is 35.5. The first-order chi connectivity index (χ1) is 17.0. The fourth-order valence-electron chi connectivity index (χ4n) is 4.64. The monoisotopic (exact) mass is 518 g/mol. The average Bonchev–Trinajstić information content (AvgIpc) is 3.35. The van der Waals surface area contributed by atoms with Crippen molar-refractivity contribution >= 4 is 46.8 Å². The Morgan fingerprint density at radius 2 is 1.97 bits per heavy atom. The number of nitrogens with zero attached hydrogens (tertiary/aromatic N) is 4. The summed E-state index contributed by atoms with van der Waals surface area (Å²) in [6.07, 6.45) is 1.27. The topological polar surface area (TPSA) is 107 Å². The lowest BCUT2D eigenvalue weighted by Crippen LogP contribution is -2.45. The predicted molar refractivity (Wildman–Crippen MR) is 134 cm³/mol. The van der Waals surface area contributed by atoms with Crippen molar-refractivity contribution in [2.45, 2.75) is 38.0 Å². The number of halogens is 2. The second kappa shape index (κ2) is 9.90. The molecule has 2 fully saturated rings. The van der Waals surface area contributed by atoms with Crippen LogP contribution in [0.25, 0.3) is 0 Å². The first-order valence-corrected chi connectivity index (χ1v) is 11.8. The number of rotatable bonds is 5. The number of hydrogen-bond donors (Lipinski definition) is 2. The summed E-state index contributed by atoms with van der Waals surface area (Å²) in [5.41, 5.74) is -0.182. The smallest absolute Gasteiger partial charge is 0.324 e. The van der Waals surface area contributed by atoms with Crippen molar-refractivity contribution in [3.8, 4) is 0 Å². The van der Waals surface area contributed by atoms with E-state index in [0.717, 1.165) is 0 Å². The van der Waals surface area contributed by atoms with Gasteiger partial charge in [-0.25, -0.2) is 19.0 Å². The van der Waals surface area contributed by atoms with E-state index in [1.807, 2.05) is 13.8 Å². The fraction of sp³-hybridized carbons (Fsp3) is 0.417. The second-order valence-electron chi connectivity index (χ2n) is 9.49. The maximum Gasteiger partial charge on any atom is 0.324 e. The molecule has 0 saturated carbocycles. The molecule has 2 saturated heterocycles. The molecule has 4 rings (SSSR count). The van der Waals surface area contributed by atoms with Gasteiger partial charge < -0.3 is 19.9 Å². The van der Waals surface area contributed by atoms with Gasteiger partial charge in [0, 0.05) is 45.6 Å². The van der Waals surface area contributed by atoms with Gasteiger partial charge >= 0.3 is 12.1 Å². The van der Waals surface area contributed by atoms with Gasteiger partial charge in [-0.15, -0.1) is 0 Å². The first-order valence-electron chi connectivity index (χ1n) is 11.4. The maximum atomic E-state index is 15.0. The summed E-state index contributed by atoms with van der Waals surface area (Å²) < 4.78 is 20.4. The van der Waals surface area contributed by atoms with Crippen molar-refractivity contribution < 1.29 is 23.5 Å². The average molecular weight is 519 g/mol. The number of aromatic nitrogens is 1. The zero-order chi connectivity index (χ0) is 26.2. The van der Waals surface area contributed by atoms with Crippen LogP contribution in [0.1, 0.15) is 20.3 Å². The number of likely N-dealkylation sites (N-methyl/N-ethyl adjacent to an activating group) is 1. The molecule has 2 N–H and O–H groups in total. The molecule has 0 radical (unpaired) electrons. The van der Waals surface area contributed by atoms with Gasteiger partial charge in [0.1, 0.15) is 17.7 Å². The van der Waals surface area contributed by atoms with Gasteiger partial charge in [0.05, 0.1) is 22.4 Å². The van der Waals surface area contributed by atoms with Gasteiger partial charge in [-0.3, -0.25) is 15.0 Å². The SMILES string of the molecule is CO[C@@H]1C[C@H](C(=O)Nc2ccc(N3C(=O)N(C)CC3(C)C)cc2F)N(C(=O)Nc2ccc(Cl)cn2)C1. The van der Waals surface area contributed by atoms with E-state index in [2.05, 4.69) is 15.6 Å². The first kappa shape index (κ1) is 25.6. The number of ether oxygens (including phenoxy) is 1. The van der Waals surface area contributed by atoms with E-state index in [9.17, 15) is 14.4 Å². The summed E-state index contributed by atoms with van der Waals surface area (Å²) in [7, 11) is 3.19. The molecule has 2 atom stereocenters. The van der Waals surface area contributed by atoms with Crippen molar-refractivity contribution in [3.63, 3.8) is 0 Å². The van der Waals surface area contributed by atoms with Gasteiger partial charge in [0.2, 0.25) is 5.91 Å². The molecular weight excluding hydrogens is 491 g/mol. The quantitative estimate of drug-likeness (QED) is 0.626. The van der Waals surface area contributed by atoms with Gasteiger partial charge in [-0.1, -0.05) is 11.6 Å². The number of nitrogens with one attached hydrogen (secondary N) is 2. The summed E-state index contributed by atoms with van der Waals surface area (Å²) in [5, 5.41) is 5.63. The molecule has 1 aromatic carbocycles. The molecule has 0 aliphatic carbocycles. The second-order valence-corrected chi connectivity index (χ2v) is 9.93. The molecule has 1 aromatic heterocycles. The molecule has 0 spiro atoms. The zero-order valence-electron chi connectivity index (χ0n) is 20.4. The van der Waals surface area contributed by atoms with E-state index < -0.39 is 29.3 Å². The summed E-state index contributed by atoms with van der Waals surface area (Å²) >= 11 is 5.83. The number of anilines is 3. The van der Waals surface area contributed by atoms with Crippen LogP contribution in [0.2, 0.25) is 5.02 Å². The summed E-state index contributed by atoms with van der Waals surface area (Å²) in [6, 6.07) is 5.67. The lowest BCUT2D eigenvalue weighted by molar-refractivity contribution is -0.119. The van der Waals surface area contributed by atoms with Gasteiger partial charge in [0.25, 0.3) is 0 Å². The van der Waals surface area contributed by atoms with Crippen LogP contribution in [0.3, 0.4) is 0 Å². The van der Waals surface area contributed by atoms with Crippen LogP contribution in [-0.2, 0) is 9.53 Å². The van der Waals surface area contributed by atoms with Crippen LogP contribution >= 0.6 is 11.6 Å². The van der Waals surface area contributed by atoms with Crippen LogP contribution < -0.4 is 15.5 Å². The third-order valence-electron chi connectivity index (χ3n) is 6.34. The molecule has 36 heavy (non-hydrogen) atoms. The maximum absolute atomic E-state index is 15.0. The lowest BCUT2D eigenvalue weighted by Gasteiger charge is -2.30. The summed E-state index contributed by atoms with van der Waals surface area (Å²) in [4.78, 5) is 47.0. The molecule has 3 heterocycles. The minimum atomic E-state index is -0.894. The Kier molecular flexibility index (Phi) is 7.05. The minimum absolute atomic E-state index is 0.0536. The largest absolute Gasteiger partial charge is 0.380 e. The molecule has 0 bridgehead atoms. The Balaban J connectivity index is 1.49. The van der Waals surface area contributed by atoms with Gasteiger partial charge in [-0.05, 0) is 44.2 Å². The van der Waals surface area contributed by atoms with E-state index in [0.29, 0.717) is 17.3 Å². The predicted octanol–water partition coefficient (Wildman–Crippen LogP) is 3.78. The number of likely N-dealkylation sites (tertiary alicyclic amines) is 1. The van der Waals surface area contributed by atoms with E-state index in [1.165, 1.54) is 35.2 Å². The zero-order valence-corrected chi connectivity index (χ0v) is 21.2. The van der Waals surface area contributed by atoms with Gasteiger partial charge in [0.15, 0.2) is 0 Å². The molecule has 2 aliphatic rings. The van der Waals surface area contributed by atoms with Crippen LogP contribution in [-0.4, -0.2) is 77.7 Å². The molecule has 12 heteroatoms.